The molecule has 1 N–H and O–H groups in total. The summed E-state index contributed by atoms with van der Waals surface area (Å²) in [4.78, 5) is 3.52. The number of rotatable bonds is 0. The number of aryl methyl sites for hydroxylation is 2. The molecule has 4 rings (SSSR count). The highest BCUT2D eigenvalue weighted by atomic mass is 79.9. The zero-order chi connectivity index (χ0) is 13.9. The zero-order valence-electron chi connectivity index (χ0n) is 11.4. The van der Waals surface area contributed by atoms with Gasteiger partial charge in [0.15, 0.2) is 0 Å². The molecule has 20 heavy (non-hydrogen) atoms. The summed E-state index contributed by atoms with van der Waals surface area (Å²) >= 11 is 3.55. The molecule has 0 unspecified atom stereocenters. The predicted molar refractivity (Wildman–Crippen MR) is 86.9 cm³/mol. The average molecular weight is 326 g/mol. The van der Waals surface area contributed by atoms with Crippen molar-refractivity contribution < 1.29 is 4.57 Å². The van der Waals surface area contributed by atoms with Crippen molar-refractivity contribution >= 4 is 48.8 Å². The maximum atomic E-state index is 3.55. The van der Waals surface area contributed by atoms with E-state index >= 15 is 0 Å². The molecule has 0 aliphatic carbocycles. The molecule has 0 fully saturated rings. The summed E-state index contributed by atoms with van der Waals surface area (Å²) in [5.74, 6) is 0. The van der Waals surface area contributed by atoms with E-state index in [2.05, 4.69) is 81.9 Å². The summed E-state index contributed by atoms with van der Waals surface area (Å²) in [5, 5.41) is 2.52. The van der Waals surface area contributed by atoms with Crippen LogP contribution in [-0.2, 0) is 7.05 Å². The first-order valence-corrected chi connectivity index (χ1v) is 7.43. The number of nitrogens with one attached hydrogen (secondary N) is 1. The number of nitrogens with zero attached hydrogens (tertiary/aromatic N) is 1. The first-order chi connectivity index (χ1) is 9.63. The van der Waals surface area contributed by atoms with Crippen molar-refractivity contribution in [1.29, 1.82) is 0 Å². The van der Waals surface area contributed by atoms with Crippen molar-refractivity contribution in [2.24, 2.45) is 7.05 Å². The van der Waals surface area contributed by atoms with Crippen LogP contribution in [0.25, 0.3) is 32.8 Å². The second-order valence-corrected chi connectivity index (χ2v) is 6.26. The van der Waals surface area contributed by atoms with Crippen molar-refractivity contribution in [2.75, 3.05) is 0 Å². The molecule has 3 heteroatoms. The molecule has 0 bridgehead atoms. The topological polar surface area (TPSA) is 19.7 Å². The second-order valence-electron chi connectivity index (χ2n) is 5.34. The van der Waals surface area contributed by atoms with Crippen LogP contribution in [0, 0.1) is 6.92 Å². The van der Waals surface area contributed by atoms with E-state index in [1.165, 1.54) is 38.4 Å². The maximum Gasteiger partial charge on any atom is 0.238 e. The minimum atomic E-state index is 1.11. The molecule has 2 aromatic carbocycles. The predicted octanol–water partition coefficient (Wildman–Crippen LogP) is 4.37. The number of aromatic amines is 1. The molecule has 0 saturated heterocycles. The Hall–Kier alpha value is -1.87. The van der Waals surface area contributed by atoms with Gasteiger partial charge in [0.2, 0.25) is 11.0 Å². The molecule has 0 saturated carbocycles. The van der Waals surface area contributed by atoms with Crippen LogP contribution in [0.3, 0.4) is 0 Å². The van der Waals surface area contributed by atoms with E-state index in [1.54, 1.807) is 0 Å². The van der Waals surface area contributed by atoms with Crippen LogP contribution in [0.5, 0.6) is 0 Å². The quantitative estimate of drug-likeness (QED) is 0.463. The standard InChI is InChI=1S/C17H13BrN2/c1-10-3-5-14-13(7-10)17-15(19-14)9-11-8-12(18)4-6-16(11)20(17)2/h3-9H,1-2H3/p+1. The second kappa shape index (κ2) is 4.06. The largest absolute Gasteiger partial charge is 0.349 e. The summed E-state index contributed by atoms with van der Waals surface area (Å²) in [7, 11) is 2.13. The van der Waals surface area contributed by atoms with Crippen LogP contribution in [0.4, 0.5) is 0 Å². The van der Waals surface area contributed by atoms with E-state index in [4.69, 9.17) is 0 Å². The lowest BCUT2D eigenvalue weighted by Gasteiger charge is -2.00. The van der Waals surface area contributed by atoms with Gasteiger partial charge >= 0.3 is 0 Å². The Balaban J connectivity index is 2.27. The van der Waals surface area contributed by atoms with Crippen molar-refractivity contribution in [3.8, 4) is 0 Å². The minimum absolute atomic E-state index is 1.11. The number of aromatic nitrogens is 2. The Bertz CT molecular complexity index is 983. The fraction of sp³-hybridized carbons (Fsp3) is 0.118. The van der Waals surface area contributed by atoms with Gasteiger partial charge in [0.05, 0.1) is 10.9 Å². The van der Waals surface area contributed by atoms with Gasteiger partial charge in [-0.05, 0) is 37.3 Å². The molecule has 0 amide bonds. The third-order valence-corrected chi connectivity index (χ3v) is 4.43. The Morgan fingerprint density at radius 2 is 1.85 bits per heavy atom. The summed E-state index contributed by atoms with van der Waals surface area (Å²) < 4.78 is 3.38. The van der Waals surface area contributed by atoms with Gasteiger partial charge in [0.1, 0.15) is 12.6 Å². The van der Waals surface area contributed by atoms with E-state index < -0.39 is 0 Å². The summed E-state index contributed by atoms with van der Waals surface area (Å²) in [6.45, 7) is 2.14. The normalized spacial score (nSPS) is 11.8. The fourth-order valence-corrected chi connectivity index (χ4v) is 3.38. The zero-order valence-corrected chi connectivity index (χ0v) is 13.0. The van der Waals surface area contributed by atoms with E-state index in [9.17, 15) is 0 Å². The monoisotopic (exact) mass is 325 g/mol. The molecule has 0 spiro atoms. The molecule has 2 aromatic heterocycles. The van der Waals surface area contributed by atoms with Gasteiger partial charge in [-0.3, -0.25) is 0 Å². The lowest BCUT2D eigenvalue weighted by molar-refractivity contribution is -0.616. The molecular formula is C17H14BrN2+. The summed E-state index contributed by atoms with van der Waals surface area (Å²) in [6.07, 6.45) is 0. The van der Waals surface area contributed by atoms with E-state index in [0.717, 1.165) is 4.47 Å². The number of fused-ring (bicyclic) bond motifs is 4. The summed E-state index contributed by atoms with van der Waals surface area (Å²) in [5.41, 5.74) is 6.16. The van der Waals surface area contributed by atoms with Crippen LogP contribution < -0.4 is 4.57 Å². The third kappa shape index (κ3) is 1.59. The Labute approximate surface area is 125 Å². The van der Waals surface area contributed by atoms with Crippen LogP contribution >= 0.6 is 15.9 Å². The highest BCUT2D eigenvalue weighted by Crippen LogP contribution is 2.27. The van der Waals surface area contributed by atoms with Crippen LogP contribution in [0.2, 0.25) is 0 Å². The number of benzene rings is 2. The fourth-order valence-electron chi connectivity index (χ4n) is 3.00. The highest BCUT2D eigenvalue weighted by Gasteiger charge is 2.17. The number of pyridine rings is 1. The van der Waals surface area contributed by atoms with Gasteiger partial charge in [-0.2, -0.15) is 4.57 Å². The number of H-pyrrole nitrogens is 1. The van der Waals surface area contributed by atoms with Crippen molar-refractivity contribution in [1.82, 2.24) is 4.98 Å². The Kier molecular flexibility index (Phi) is 2.42. The first kappa shape index (κ1) is 11.9. The molecule has 0 radical (unpaired) electrons. The molecular weight excluding hydrogens is 312 g/mol. The van der Waals surface area contributed by atoms with Crippen LogP contribution in [0.15, 0.2) is 46.9 Å². The Morgan fingerprint density at radius 3 is 2.70 bits per heavy atom. The molecule has 0 atom stereocenters. The molecule has 0 aliphatic heterocycles. The first-order valence-electron chi connectivity index (χ1n) is 6.64. The van der Waals surface area contributed by atoms with Crippen molar-refractivity contribution in [3.05, 3.63) is 52.5 Å². The van der Waals surface area contributed by atoms with Gasteiger partial charge in [0, 0.05) is 15.9 Å². The van der Waals surface area contributed by atoms with E-state index in [-0.39, 0.29) is 0 Å². The van der Waals surface area contributed by atoms with Gasteiger partial charge in [-0.1, -0.05) is 27.6 Å². The Morgan fingerprint density at radius 1 is 1.00 bits per heavy atom. The molecule has 2 heterocycles. The average Bonchev–Trinajstić information content (AvgIpc) is 2.76. The van der Waals surface area contributed by atoms with E-state index in [1.807, 2.05) is 0 Å². The minimum Gasteiger partial charge on any atom is -0.349 e. The smallest absolute Gasteiger partial charge is 0.238 e. The number of halogens is 1. The molecule has 98 valence electrons. The van der Waals surface area contributed by atoms with Crippen LogP contribution in [-0.4, -0.2) is 4.98 Å². The highest BCUT2D eigenvalue weighted by molar-refractivity contribution is 9.10. The van der Waals surface area contributed by atoms with Crippen LogP contribution in [0.1, 0.15) is 5.56 Å². The van der Waals surface area contributed by atoms with Gasteiger partial charge in [-0.15, -0.1) is 0 Å². The lowest BCUT2D eigenvalue weighted by Crippen LogP contribution is -2.29. The van der Waals surface area contributed by atoms with Gasteiger partial charge in [0.25, 0.3) is 0 Å². The number of hydrogen-bond acceptors (Lipinski definition) is 0. The third-order valence-electron chi connectivity index (χ3n) is 3.94. The molecule has 4 aromatic rings. The SMILES string of the molecule is Cc1ccc2[nH]c3cc4cc(Br)ccc4[n+](C)c3c2c1. The van der Waals surface area contributed by atoms with Gasteiger partial charge < -0.3 is 4.98 Å². The lowest BCUT2D eigenvalue weighted by atomic mass is 10.1. The maximum absolute atomic E-state index is 3.55. The summed E-state index contributed by atoms with van der Waals surface area (Å²) in [6, 6.07) is 15.2. The van der Waals surface area contributed by atoms with Crippen molar-refractivity contribution in [3.63, 3.8) is 0 Å². The van der Waals surface area contributed by atoms with Gasteiger partial charge in [-0.25, -0.2) is 0 Å². The molecule has 0 aliphatic rings. The number of hydrogen-bond donors (Lipinski definition) is 1. The van der Waals surface area contributed by atoms with Crippen molar-refractivity contribution in [2.45, 2.75) is 6.92 Å². The van der Waals surface area contributed by atoms with E-state index in [0.29, 0.717) is 0 Å². The molecule has 2 nitrogen and oxygen atoms in total.